The monoisotopic (exact) mass is 1050 g/mol. The van der Waals surface area contributed by atoms with Crippen LogP contribution in [0.15, 0.2) is 146 Å². The van der Waals surface area contributed by atoms with Gasteiger partial charge in [0.25, 0.3) is 0 Å². The molecule has 0 aliphatic heterocycles. The van der Waals surface area contributed by atoms with Gasteiger partial charge in [0.1, 0.15) is 13.2 Å². The Morgan fingerprint density at radius 2 is 0.526 bits per heavy atom. The summed E-state index contributed by atoms with van der Waals surface area (Å²) in [5.74, 6) is -0.948. The van der Waals surface area contributed by atoms with Crippen molar-refractivity contribution in [1.82, 2.24) is 0 Å². The van der Waals surface area contributed by atoms with Crippen molar-refractivity contribution in [2.45, 2.75) is 264 Å². The molecule has 0 aromatic heterocycles. The van der Waals surface area contributed by atoms with E-state index in [9.17, 15) is 14.4 Å². The number of carbonyl (C=O) groups is 3. The van der Waals surface area contributed by atoms with Crippen molar-refractivity contribution in [3.05, 3.63) is 146 Å². The molecular weight excluding hydrogens is 937 g/mol. The molecule has 1 unspecified atom stereocenters. The SMILES string of the molecule is CC/C=C\C/C=C\C/C=C\C/C=C\C/C=C\C/C=C\C/C=C\C/C=C\C/C=C\C/C=C\CCCCCCC(=O)OCC(COC(=O)CCCCCCC/C=C\CCCC)OC(=O)CCCCCCC/C=C\CCCCC. The van der Waals surface area contributed by atoms with Gasteiger partial charge in [0.05, 0.1) is 0 Å². The van der Waals surface area contributed by atoms with Gasteiger partial charge in [-0.05, 0) is 141 Å². The second-order valence-electron chi connectivity index (χ2n) is 19.9. The molecule has 0 heterocycles. The first-order valence-electron chi connectivity index (χ1n) is 30.8. The van der Waals surface area contributed by atoms with Gasteiger partial charge < -0.3 is 14.2 Å². The number of hydrogen-bond acceptors (Lipinski definition) is 6. The summed E-state index contributed by atoms with van der Waals surface area (Å²) in [6, 6.07) is 0. The molecule has 76 heavy (non-hydrogen) atoms. The third kappa shape index (κ3) is 60.2. The first kappa shape index (κ1) is 71.3. The van der Waals surface area contributed by atoms with Gasteiger partial charge >= 0.3 is 17.9 Å². The van der Waals surface area contributed by atoms with Crippen LogP contribution in [0.25, 0.3) is 0 Å². The van der Waals surface area contributed by atoms with Gasteiger partial charge in [0, 0.05) is 19.3 Å². The van der Waals surface area contributed by atoms with Crippen LogP contribution in [0.3, 0.4) is 0 Å². The summed E-state index contributed by atoms with van der Waals surface area (Å²) in [6.45, 7) is 6.41. The lowest BCUT2D eigenvalue weighted by Crippen LogP contribution is -2.30. The van der Waals surface area contributed by atoms with E-state index in [0.29, 0.717) is 19.3 Å². The topological polar surface area (TPSA) is 78.9 Å². The highest BCUT2D eigenvalue weighted by atomic mass is 16.6. The quantitative estimate of drug-likeness (QED) is 0.0261. The first-order valence-corrected chi connectivity index (χ1v) is 30.8. The van der Waals surface area contributed by atoms with Gasteiger partial charge in [0.15, 0.2) is 6.10 Å². The standard InChI is InChI=1S/C70H112O6/c1-4-7-10-13-16-19-22-24-25-26-27-28-29-30-31-32-33-34-35-36-37-38-39-40-41-42-43-44-45-46-49-51-54-57-60-63-69(72)75-66-67(65-74-68(71)62-59-56-53-50-47-21-18-15-12-9-6-3)76-70(73)64-61-58-55-52-48-23-20-17-14-11-8-5-2/h7,10,15-20,24-25,27-28,30-31,33-34,36-37,39-40,42-43,45-46,67H,4-6,8-9,11-14,21-23,26,29,32,35,38,41,44,47-66H2,1-3H3/b10-7-,18-15-,19-16-,20-17-,25-24-,28-27-,31-30-,34-33-,37-36-,40-39-,43-42-,46-45-. The zero-order chi connectivity index (χ0) is 55.0. The number of rotatable bonds is 54. The van der Waals surface area contributed by atoms with Crippen molar-refractivity contribution < 1.29 is 28.6 Å². The average Bonchev–Trinajstić information content (AvgIpc) is 3.42. The van der Waals surface area contributed by atoms with Crippen molar-refractivity contribution in [3.63, 3.8) is 0 Å². The van der Waals surface area contributed by atoms with E-state index in [-0.39, 0.29) is 31.1 Å². The van der Waals surface area contributed by atoms with E-state index in [0.717, 1.165) is 161 Å². The third-order valence-corrected chi connectivity index (χ3v) is 12.5. The fourth-order valence-corrected chi connectivity index (χ4v) is 7.92. The van der Waals surface area contributed by atoms with E-state index in [1.54, 1.807) is 0 Å². The normalized spacial score (nSPS) is 13.1. The second kappa shape index (κ2) is 62.8. The zero-order valence-electron chi connectivity index (χ0n) is 49.0. The maximum atomic E-state index is 12.8. The van der Waals surface area contributed by atoms with Crippen LogP contribution in [-0.2, 0) is 28.6 Å². The highest BCUT2D eigenvalue weighted by Gasteiger charge is 2.19. The van der Waals surface area contributed by atoms with Gasteiger partial charge in [-0.25, -0.2) is 0 Å². The Morgan fingerprint density at radius 1 is 0.276 bits per heavy atom. The van der Waals surface area contributed by atoms with E-state index in [2.05, 4.69) is 167 Å². The Hall–Kier alpha value is -4.71. The fourth-order valence-electron chi connectivity index (χ4n) is 7.92. The molecule has 0 N–H and O–H groups in total. The predicted molar refractivity (Wildman–Crippen MR) is 329 cm³/mol. The molecule has 0 aliphatic carbocycles. The molecule has 0 radical (unpaired) electrons. The van der Waals surface area contributed by atoms with Crippen LogP contribution >= 0.6 is 0 Å². The van der Waals surface area contributed by atoms with E-state index in [1.165, 1.54) is 57.8 Å². The molecule has 428 valence electrons. The van der Waals surface area contributed by atoms with Crippen LogP contribution in [0.2, 0.25) is 0 Å². The number of ether oxygens (including phenoxy) is 3. The molecule has 6 heteroatoms. The van der Waals surface area contributed by atoms with Crippen molar-refractivity contribution >= 4 is 17.9 Å². The lowest BCUT2D eigenvalue weighted by Gasteiger charge is -2.18. The van der Waals surface area contributed by atoms with Crippen molar-refractivity contribution in [3.8, 4) is 0 Å². The molecule has 0 saturated heterocycles. The summed E-state index contributed by atoms with van der Waals surface area (Å²) >= 11 is 0. The summed E-state index contributed by atoms with van der Waals surface area (Å²) in [5.41, 5.74) is 0. The van der Waals surface area contributed by atoms with Crippen molar-refractivity contribution in [1.29, 1.82) is 0 Å². The number of hydrogen-bond donors (Lipinski definition) is 0. The average molecular weight is 1050 g/mol. The maximum absolute atomic E-state index is 12.8. The summed E-state index contributed by atoms with van der Waals surface area (Å²) < 4.78 is 16.8. The van der Waals surface area contributed by atoms with Gasteiger partial charge in [-0.1, -0.05) is 244 Å². The molecule has 0 saturated carbocycles. The molecule has 0 rings (SSSR count). The van der Waals surface area contributed by atoms with Crippen LogP contribution < -0.4 is 0 Å². The minimum Gasteiger partial charge on any atom is -0.462 e. The Labute approximate surface area is 467 Å². The highest BCUT2D eigenvalue weighted by molar-refractivity contribution is 5.71. The van der Waals surface area contributed by atoms with E-state index in [1.807, 2.05) is 0 Å². The molecule has 0 fully saturated rings. The van der Waals surface area contributed by atoms with Crippen LogP contribution in [-0.4, -0.2) is 37.2 Å². The van der Waals surface area contributed by atoms with Crippen LogP contribution in [0.5, 0.6) is 0 Å². The van der Waals surface area contributed by atoms with E-state index >= 15 is 0 Å². The van der Waals surface area contributed by atoms with Crippen LogP contribution in [0.4, 0.5) is 0 Å². The Kier molecular flexibility index (Phi) is 58.9. The third-order valence-electron chi connectivity index (χ3n) is 12.5. The van der Waals surface area contributed by atoms with E-state index < -0.39 is 6.10 Å². The zero-order valence-corrected chi connectivity index (χ0v) is 49.0. The van der Waals surface area contributed by atoms with Gasteiger partial charge in [-0.2, -0.15) is 0 Å². The van der Waals surface area contributed by atoms with Crippen LogP contribution in [0, 0.1) is 0 Å². The van der Waals surface area contributed by atoms with Gasteiger partial charge in [0.2, 0.25) is 0 Å². The Balaban J connectivity index is 4.26. The van der Waals surface area contributed by atoms with Gasteiger partial charge in [-0.3, -0.25) is 14.4 Å². The number of carbonyl (C=O) groups excluding carboxylic acids is 3. The molecule has 0 aromatic rings. The van der Waals surface area contributed by atoms with Gasteiger partial charge in [-0.15, -0.1) is 0 Å². The number of esters is 3. The highest BCUT2D eigenvalue weighted by Crippen LogP contribution is 2.13. The Bertz CT molecular complexity index is 1680. The first-order chi connectivity index (χ1) is 37.5. The molecule has 0 bridgehead atoms. The number of allylic oxidation sites excluding steroid dienone is 24. The van der Waals surface area contributed by atoms with Crippen molar-refractivity contribution in [2.24, 2.45) is 0 Å². The minimum atomic E-state index is -0.800. The largest absolute Gasteiger partial charge is 0.462 e. The summed E-state index contributed by atoms with van der Waals surface area (Å²) in [4.78, 5) is 38.1. The summed E-state index contributed by atoms with van der Waals surface area (Å²) in [5, 5.41) is 0. The molecule has 0 spiro atoms. The molecule has 1 atom stereocenters. The summed E-state index contributed by atoms with van der Waals surface area (Å²) in [7, 11) is 0. The molecule has 0 aliphatic rings. The summed E-state index contributed by atoms with van der Waals surface area (Å²) in [6.07, 6.45) is 90.0. The lowest BCUT2D eigenvalue weighted by molar-refractivity contribution is -0.167. The minimum absolute atomic E-state index is 0.0976. The molecule has 6 nitrogen and oxygen atoms in total. The van der Waals surface area contributed by atoms with E-state index in [4.69, 9.17) is 14.2 Å². The predicted octanol–water partition coefficient (Wildman–Crippen LogP) is 21.2. The lowest BCUT2D eigenvalue weighted by atomic mass is 10.1. The molecule has 0 amide bonds. The molecular formula is C70H112O6. The Morgan fingerprint density at radius 3 is 0.855 bits per heavy atom. The van der Waals surface area contributed by atoms with Crippen LogP contribution in [0.1, 0.15) is 258 Å². The number of unbranched alkanes of at least 4 members (excludes halogenated alkanes) is 19. The smallest absolute Gasteiger partial charge is 0.306 e. The maximum Gasteiger partial charge on any atom is 0.306 e. The molecule has 0 aromatic carbocycles. The van der Waals surface area contributed by atoms with Crippen molar-refractivity contribution in [2.75, 3.05) is 13.2 Å². The second-order valence-corrected chi connectivity index (χ2v) is 19.9. The fraction of sp³-hybridized carbons (Fsp3) is 0.614.